The molecule has 1 aliphatic heterocycles. The van der Waals surface area contributed by atoms with Crippen LogP contribution in [-0.4, -0.2) is 50.3 Å². The second-order valence-corrected chi connectivity index (χ2v) is 5.75. The van der Waals surface area contributed by atoms with Crippen LogP contribution in [0.3, 0.4) is 0 Å². The summed E-state index contributed by atoms with van der Waals surface area (Å²) in [6.07, 6.45) is 1.79. The van der Waals surface area contributed by atoms with E-state index in [1.807, 2.05) is 12.1 Å². The molecule has 0 spiro atoms. The van der Waals surface area contributed by atoms with Crippen LogP contribution in [0.15, 0.2) is 18.2 Å². The molecule has 4 heteroatoms. The smallest absolute Gasteiger partial charge is 0.126 e. The molecule has 112 valence electrons. The van der Waals surface area contributed by atoms with E-state index in [4.69, 9.17) is 4.74 Å². The Morgan fingerprint density at radius 3 is 2.45 bits per heavy atom. The SMILES string of the molecule is COc1cccc(N2CCC(N(C)C)CC2)c1C(C)O. The van der Waals surface area contributed by atoms with Gasteiger partial charge in [-0.25, -0.2) is 0 Å². The number of benzene rings is 1. The number of rotatable bonds is 4. The van der Waals surface area contributed by atoms with Crippen LogP contribution in [0, 0.1) is 0 Å². The molecule has 20 heavy (non-hydrogen) atoms. The minimum absolute atomic E-state index is 0.521. The van der Waals surface area contributed by atoms with Gasteiger partial charge in [0, 0.05) is 30.4 Å². The van der Waals surface area contributed by atoms with Crippen LogP contribution in [0.5, 0.6) is 5.75 Å². The fourth-order valence-corrected chi connectivity index (χ4v) is 3.03. The van der Waals surface area contributed by atoms with Gasteiger partial charge in [-0.3, -0.25) is 0 Å². The van der Waals surface area contributed by atoms with Crippen LogP contribution in [0.1, 0.15) is 31.4 Å². The van der Waals surface area contributed by atoms with Gasteiger partial charge in [-0.2, -0.15) is 0 Å². The van der Waals surface area contributed by atoms with E-state index in [9.17, 15) is 5.11 Å². The fourth-order valence-electron chi connectivity index (χ4n) is 3.03. The highest BCUT2D eigenvalue weighted by Crippen LogP contribution is 2.35. The summed E-state index contributed by atoms with van der Waals surface area (Å²) in [6, 6.07) is 6.66. The van der Waals surface area contributed by atoms with Crippen LogP contribution in [0.25, 0.3) is 0 Å². The lowest BCUT2D eigenvalue weighted by Gasteiger charge is -2.37. The van der Waals surface area contributed by atoms with Crippen molar-refractivity contribution in [2.75, 3.05) is 39.2 Å². The van der Waals surface area contributed by atoms with Crippen LogP contribution in [0.4, 0.5) is 5.69 Å². The van der Waals surface area contributed by atoms with Gasteiger partial charge < -0.3 is 19.6 Å². The van der Waals surface area contributed by atoms with E-state index < -0.39 is 6.10 Å². The summed E-state index contributed by atoms with van der Waals surface area (Å²) in [4.78, 5) is 4.67. The van der Waals surface area contributed by atoms with Crippen LogP contribution in [0.2, 0.25) is 0 Å². The van der Waals surface area contributed by atoms with Crippen molar-refractivity contribution < 1.29 is 9.84 Å². The zero-order chi connectivity index (χ0) is 14.7. The predicted molar refractivity (Wildman–Crippen MR) is 82.5 cm³/mol. The molecule has 1 unspecified atom stereocenters. The van der Waals surface area contributed by atoms with Crippen molar-refractivity contribution in [1.29, 1.82) is 0 Å². The van der Waals surface area contributed by atoms with Gasteiger partial charge in [-0.05, 0) is 46.0 Å². The molecular formula is C16H26N2O2. The summed E-state index contributed by atoms with van der Waals surface area (Å²) < 4.78 is 5.40. The Morgan fingerprint density at radius 2 is 1.95 bits per heavy atom. The van der Waals surface area contributed by atoms with Crippen molar-refractivity contribution in [3.8, 4) is 5.75 Å². The number of nitrogens with zero attached hydrogens (tertiary/aromatic N) is 2. The van der Waals surface area contributed by atoms with E-state index in [1.165, 1.54) is 0 Å². The normalized spacial score (nSPS) is 18.4. The molecule has 2 rings (SSSR count). The highest BCUT2D eigenvalue weighted by Gasteiger charge is 2.24. The maximum atomic E-state index is 10.1. The largest absolute Gasteiger partial charge is 0.496 e. The molecule has 1 saturated heterocycles. The fraction of sp³-hybridized carbons (Fsp3) is 0.625. The molecule has 1 aromatic carbocycles. The molecule has 1 fully saturated rings. The lowest BCUT2D eigenvalue weighted by atomic mass is 10.00. The molecular weight excluding hydrogens is 252 g/mol. The van der Waals surface area contributed by atoms with E-state index in [0.29, 0.717) is 6.04 Å². The van der Waals surface area contributed by atoms with Crippen molar-refractivity contribution >= 4 is 5.69 Å². The molecule has 0 radical (unpaired) electrons. The third kappa shape index (κ3) is 3.07. The molecule has 0 aromatic heterocycles. The molecule has 0 amide bonds. The minimum atomic E-state index is -0.521. The Kier molecular flexibility index (Phi) is 4.89. The molecule has 4 nitrogen and oxygen atoms in total. The number of piperidine rings is 1. The molecule has 0 bridgehead atoms. The predicted octanol–water partition coefficient (Wildman–Crippen LogP) is 2.28. The summed E-state index contributed by atoms with van der Waals surface area (Å²) in [5, 5.41) is 10.1. The molecule has 0 aliphatic carbocycles. The summed E-state index contributed by atoms with van der Waals surface area (Å²) >= 11 is 0. The number of anilines is 1. The molecule has 0 saturated carbocycles. The lowest BCUT2D eigenvalue weighted by Crippen LogP contribution is -2.42. The number of aliphatic hydroxyl groups excluding tert-OH is 1. The Hall–Kier alpha value is -1.26. The first-order valence-electron chi connectivity index (χ1n) is 7.31. The molecule has 1 aromatic rings. The van der Waals surface area contributed by atoms with Gasteiger partial charge in [0.15, 0.2) is 0 Å². The van der Waals surface area contributed by atoms with E-state index in [2.05, 4.69) is 30.0 Å². The second-order valence-electron chi connectivity index (χ2n) is 5.75. The number of hydrogen-bond acceptors (Lipinski definition) is 4. The van der Waals surface area contributed by atoms with Gasteiger partial charge in [0.25, 0.3) is 0 Å². The summed E-state index contributed by atoms with van der Waals surface area (Å²) in [7, 11) is 5.95. The van der Waals surface area contributed by atoms with Gasteiger partial charge in [0.05, 0.1) is 13.2 Å². The number of ether oxygens (including phenoxy) is 1. The van der Waals surface area contributed by atoms with Gasteiger partial charge >= 0.3 is 0 Å². The summed E-state index contributed by atoms with van der Waals surface area (Å²) in [5.74, 6) is 0.771. The minimum Gasteiger partial charge on any atom is -0.496 e. The molecule has 1 heterocycles. The van der Waals surface area contributed by atoms with Crippen molar-refractivity contribution in [3.05, 3.63) is 23.8 Å². The van der Waals surface area contributed by atoms with Gasteiger partial charge in [-0.1, -0.05) is 6.07 Å². The van der Waals surface area contributed by atoms with Crippen molar-refractivity contribution in [3.63, 3.8) is 0 Å². The maximum Gasteiger partial charge on any atom is 0.126 e. The Balaban J connectivity index is 2.21. The van der Waals surface area contributed by atoms with Crippen molar-refractivity contribution in [2.45, 2.75) is 31.9 Å². The second kappa shape index (κ2) is 6.46. The van der Waals surface area contributed by atoms with Gasteiger partial charge in [0.2, 0.25) is 0 Å². The van der Waals surface area contributed by atoms with E-state index in [0.717, 1.165) is 42.9 Å². The topological polar surface area (TPSA) is 35.9 Å². The third-order valence-corrected chi connectivity index (χ3v) is 4.22. The Morgan fingerprint density at radius 1 is 1.30 bits per heavy atom. The number of hydrogen-bond donors (Lipinski definition) is 1. The van der Waals surface area contributed by atoms with Gasteiger partial charge in [-0.15, -0.1) is 0 Å². The molecule has 1 N–H and O–H groups in total. The average Bonchev–Trinajstić information content (AvgIpc) is 2.46. The van der Waals surface area contributed by atoms with Crippen LogP contribution in [-0.2, 0) is 0 Å². The molecule has 1 atom stereocenters. The number of aliphatic hydroxyl groups is 1. The van der Waals surface area contributed by atoms with E-state index in [1.54, 1.807) is 14.0 Å². The van der Waals surface area contributed by atoms with Crippen molar-refractivity contribution in [2.24, 2.45) is 0 Å². The van der Waals surface area contributed by atoms with Crippen LogP contribution < -0.4 is 9.64 Å². The van der Waals surface area contributed by atoms with Gasteiger partial charge in [0.1, 0.15) is 5.75 Å². The zero-order valence-electron chi connectivity index (χ0n) is 13.0. The molecule has 1 aliphatic rings. The first-order valence-corrected chi connectivity index (χ1v) is 7.31. The summed E-state index contributed by atoms with van der Waals surface area (Å²) in [6.45, 7) is 3.85. The van der Waals surface area contributed by atoms with Crippen molar-refractivity contribution in [1.82, 2.24) is 4.90 Å². The Bertz CT molecular complexity index is 438. The summed E-state index contributed by atoms with van der Waals surface area (Å²) in [5.41, 5.74) is 2.01. The standard InChI is InChI=1S/C16H26N2O2/c1-12(19)16-14(6-5-7-15(16)20-4)18-10-8-13(9-11-18)17(2)3/h5-7,12-13,19H,8-11H2,1-4H3. The van der Waals surface area contributed by atoms with E-state index >= 15 is 0 Å². The Labute approximate surface area is 122 Å². The highest BCUT2D eigenvalue weighted by molar-refractivity contribution is 5.60. The number of methoxy groups -OCH3 is 1. The quantitative estimate of drug-likeness (QED) is 0.916. The van der Waals surface area contributed by atoms with Crippen LogP contribution >= 0.6 is 0 Å². The third-order valence-electron chi connectivity index (χ3n) is 4.22. The highest BCUT2D eigenvalue weighted by atomic mass is 16.5. The first-order chi connectivity index (χ1) is 9.54. The zero-order valence-corrected chi connectivity index (χ0v) is 13.0. The maximum absolute atomic E-state index is 10.1. The van der Waals surface area contributed by atoms with E-state index in [-0.39, 0.29) is 0 Å². The first kappa shape index (κ1) is 15.1. The lowest BCUT2D eigenvalue weighted by molar-refractivity contribution is 0.194. The average molecular weight is 278 g/mol. The monoisotopic (exact) mass is 278 g/mol.